The topological polar surface area (TPSA) is 64.1 Å². The van der Waals surface area contributed by atoms with Gasteiger partial charge in [0.1, 0.15) is 11.5 Å². The van der Waals surface area contributed by atoms with Gasteiger partial charge in [-0.1, -0.05) is 6.92 Å². The molecule has 156 valence electrons. The molecule has 0 aliphatic heterocycles. The Morgan fingerprint density at radius 3 is 2.59 bits per heavy atom. The number of methoxy groups -OCH3 is 1. The first kappa shape index (κ1) is 25.6. The number of nitrogens with zero attached hydrogens (tertiary/aromatic N) is 1. The number of guanidine groups is 1. The molecule has 0 atom stereocenters. The maximum absolute atomic E-state index is 12.7. The molecule has 0 radical (unpaired) electrons. The first-order valence-corrected chi connectivity index (χ1v) is 8.82. The lowest BCUT2D eigenvalue weighted by Gasteiger charge is -2.14. The minimum absolute atomic E-state index is 0. The van der Waals surface area contributed by atoms with Crippen LogP contribution in [0.4, 0.5) is 8.78 Å². The molecule has 0 spiro atoms. The Morgan fingerprint density at radius 2 is 1.96 bits per heavy atom. The van der Waals surface area contributed by atoms with Gasteiger partial charge >= 0.3 is 6.61 Å². The van der Waals surface area contributed by atoms with Gasteiger partial charge in [0, 0.05) is 38.4 Å². The number of benzene rings is 1. The van der Waals surface area contributed by atoms with Crippen LogP contribution in [0.5, 0.6) is 11.5 Å². The number of ether oxygens (including phenoxy) is 3. The van der Waals surface area contributed by atoms with Crippen LogP contribution in [0.1, 0.15) is 32.3 Å². The Balaban J connectivity index is 0.00000676. The van der Waals surface area contributed by atoms with Gasteiger partial charge in [-0.15, -0.1) is 24.0 Å². The number of hydrogen-bond acceptors (Lipinski definition) is 4. The lowest BCUT2D eigenvalue weighted by Crippen LogP contribution is -2.38. The van der Waals surface area contributed by atoms with Gasteiger partial charge in [-0.3, -0.25) is 0 Å². The van der Waals surface area contributed by atoms with E-state index in [1.54, 1.807) is 19.2 Å². The number of hydrogen-bond donors (Lipinski definition) is 2. The normalized spacial score (nSPS) is 11.1. The van der Waals surface area contributed by atoms with Crippen molar-refractivity contribution in [1.82, 2.24) is 10.6 Å². The molecule has 0 heterocycles. The zero-order valence-electron chi connectivity index (χ0n) is 16.1. The lowest BCUT2D eigenvalue weighted by atomic mass is 10.2. The molecule has 27 heavy (non-hydrogen) atoms. The molecule has 0 amide bonds. The van der Waals surface area contributed by atoms with Gasteiger partial charge in [-0.25, -0.2) is 4.99 Å². The van der Waals surface area contributed by atoms with Gasteiger partial charge in [0.2, 0.25) is 0 Å². The van der Waals surface area contributed by atoms with E-state index in [0.29, 0.717) is 43.6 Å². The Bertz CT molecular complexity index is 549. The fourth-order valence-corrected chi connectivity index (χ4v) is 2.11. The fraction of sp³-hybridized carbons (Fsp3) is 0.611. The molecular formula is C18H30F2IN3O3. The summed E-state index contributed by atoms with van der Waals surface area (Å²) in [5.41, 5.74) is 0.559. The summed E-state index contributed by atoms with van der Waals surface area (Å²) in [7, 11) is 1.65. The first-order valence-electron chi connectivity index (χ1n) is 8.82. The van der Waals surface area contributed by atoms with Crippen molar-refractivity contribution in [2.45, 2.75) is 39.8 Å². The Hall–Kier alpha value is -1.36. The molecule has 6 nitrogen and oxygen atoms in total. The van der Waals surface area contributed by atoms with Gasteiger partial charge in [0.05, 0.1) is 13.2 Å². The largest absolute Gasteiger partial charge is 0.493 e. The smallest absolute Gasteiger partial charge is 0.387 e. The van der Waals surface area contributed by atoms with Gasteiger partial charge < -0.3 is 24.8 Å². The number of halogens is 3. The lowest BCUT2D eigenvalue weighted by molar-refractivity contribution is -0.0505. The van der Waals surface area contributed by atoms with Crippen molar-refractivity contribution < 1.29 is 23.0 Å². The van der Waals surface area contributed by atoms with Crippen LogP contribution in [-0.2, 0) is 11.3 Å². The monoisotopic (exact) mass is 501 g/mol. The molecule has 1 aromatic carbocycles. The highest BCUT2D eigenvalue weighted by Gasteiger charge is 2.11. The first-order chi connectivity index (χ1) is 12.6. The van der Waals surface area contributed by atoms with Crippen molar-refractivity contribution in [2.75, 3.05) is 33.4 Å². The summed E-state index contributed by atoms with van der Waals surface area (Å²) < 4.78 is 40.5. The summed E-state index contributed by atoms with van der Waals surface area (Å²) in [6.45, 7) is 3.79. The summed E-state index contributed by atoms with van der Waals surface area (Å²) in [6, 6.07) is 4.91. The summed E-state index contributed by atoms with van der Waals surface area (Å²) >= 11 is 0. The summed E-state index contributed by atoms with van der Waals surface area (Å²) in [6.07, 6.45) is 1.67. The highest BCUT2D eigenvalue weighted by Crippen LogP contribution is 2.27. The minimum atomic E-state index is -2.90. The van der Waals surface area contributed by atoms with Crippen molar-refractivity contribution in [3.63, 3.8) is 0 Å². The molecule has 0 aliphatic carbocycles. The van der Waals surface area contributed by atoms with Crippen LogP contribution >= 0.6 is 24.0 Å². The van der Waals surface area contributed by atoms with Crippen molar-refractivity contribution in [2.24, 2.45) is 4.99 Å². The van der Waals surface area contributed by atoms with Crippen LogP contribution < -0.4 is 20.1 Å². The SMILES string of the molecule is CCCOc1ccc(CN=C(NCC)NCCCOC)c(OC(F)F)c1.I. The predicted molar refractivity (Wildman–Crippen MR) is 114 cm³/mol. The molecule has 0 aliphatic rings. The van der Waals surface area contributed by atoms with Crippen LogP contribution in [0.2, 0.25) is 0 Å². The third-order valence-corrected chi connectivity index (χ3v) is 3.30. The summed E-state index contributed by atoms with van der Waals surface area (Å²) in [5, 5.41) is 6.28. The minimum Gasteiger partial charge on any atom is -0.493 e. The average Bonchev–Trinajstić information content (AvgIpc) is 2.62. The predicted octanol–water partition coefficient (Wildman–Crippen LogP) is 3.79. The van der Waals surface area contributed by atoms with Crippen LogP contribution in [0, 0.1) is 0 Å². The van der Waals surface area contributed by atoms with E-state index >= 15 is 0 Å². The Morgan fingerprint density at radius 1 is 1.19 bits per heavy atom. The summed E-state index contributed by atoms with van der Waals surface area (Å²) in [5.74, 6) is 1.19. The van der Waals surface area contributed by atoms with E-state index in [4.69, 9.17) is 9.47 Å². The molecule has 1 rings (SSSR count). The van der Waals surface area contributed by atoms with Crippen molar-refractivity contribution in [3.8, 4) is 11.5 Å². The molecule has 0 bridgehead atoms. The number of alkyl halides is 2. The van der Waals surface area contributed by atoms with Crippen molar-refractivity contribution in [1.29, 1.82) is 0 Å². The second-order valence-electron chi connectivity index (χ2n) is 5.46. The van der Waals surface area contributed by atoms with Crippen LogP contribution in [0.3, 0.4) is 0 Å². The van der Waals surface area contributed by atoms with E-state index in [1.165, 1.54) is 6.07 Å². The van der Waals surface area contributed by atoms with E-state index in [0.717, 1.165) is 12.8 Å². The fourth-order valence-electron chi connectivity index (χ4n) is 2.11. The molecule has 0 saturated heterocycles. The average molecular weight is 501 g/mol. The van der Waals surface area contributed by atoms with Crippen LogP contribution in [-0.4, -0.2) is 46.0 Å². The summed E-state index contributed by atoms with van der Waals surface area (Å²) in [4.78, 5) is 4.43. The number of nitrogens with one attached hydrogen (secondary N) is 2. The van der Waals surface area contributed by atoms with E-state index < -0.39 is 6.61 Å². The van der Waals surface area contributed by atoms with Gasteiger partial charge in [-0.2, -0.15) is 8.78 Å². The van der Waals surface area contributed by atoms with E-state index in [2.05, 4.69) is 20.4 Å². The maximum atomic E-state index is 12.7. The Kier molecular flexibility index (Phi) is 14.9. The highest BCUT2D eigenvalue weighted by molar-refractivity contribution is 14.0. The molecule has 2 N–H and O–H groups in total. The van der Waals surface area contributed by atoms with Crippen LogP contribution in [0.25, 0.3) is 0 Å². The number of aliphatic imine (C=N–C) groups is 1. The second-order valence-corrected chi connectivity index (χ2v) is 5.46. The zero-order valence-corrected chi connectivity index (χ0v) is 18.4. The highest BCUT2D eigenvalue weighted by atomic mass is 127. The molecule has 0 fully saturated rings. The third kappa shape index (κ3) is 11.2. The van der Waals surface area contributed by atoms with Crippen molar-refractivity contribution >= 4 is 29.9 Å². The van der Waals surface area contributed by atoms with Gasteiger partial charge in [-0.05, 0) is 31.9 Å². The van der Waals surface area contributed by atoms with E-state index in [9.17, 15) is 8.78 Å². The van der Waals surface area contributed by atoms with Gasteiger partial charge in [0.15, 0.2) is 5.96 Å². The van der Waals surface area contributed by atoms with E-state index in [-0.39, 0.29) is 36.3 Å². The molecule has 9 heteroatoms. The molecule has 0 unspecified atom stereocenters. The van der Waals surface area contributed by atoms with Gasteiger partial charge in [0.25, 0.3) is 0 Å². The Labute approximate surface area is 177 Å². The molecule has 0 aromatic heterocycles. The van der Waals surface area contributed by atoms with E-state index in [1.807, 2.05) is 13.8 Å². The van der Waals surface area contributed by atoms with Crippen LogP contribution in [0.15, 0.2) is 23.2 Å². The third-order valence-electron chi connectivity index (χ3n) is 3.30. The second kappa shape index (κ2) is 15.7. The quantitative estimate of drug-likeness (QED) is 0.198. The number of rotatable bonds is 12. The molecule has 0 saturated carbocycles. The standard InChI is InChI=1S/C18H29F2N3O3.HI/c1-4-10-25-15-8-7-14(16(12-15)26-17(19)20)13-23-18(21-5-2)22-9-6-11-24-3;/h7-8,12,17H,4-6,9-11,13H2,1-3H3,(H2,21,22,23);1H. The molecule has 1 aromatic rings. The van der Waals surface area contributed by atoms with Crippen molar-refractivity contribution in [3.05, 3.63) is 23.8 Å². The zero-order chi connectivity index (χ0) is 19.2. The molecular weight excluding hydrogens is 471 g/mol. The maximum Gasteiger partial charge on any atom is 0.387 e.